The molecule has 4 rings (SSSR count). The minimum Gasteiger partial charge on any atom is -0.377 e. The fourth-order valence-electron chi connectivity index (χ4n) is 5.26. The Hall–Kier alpha value is -0.530. The molecule has 3 nitrogen and oxygen atoms in total. The van der Waals surface area contributed by atoms with Gasteiger partial charge in [-0.05, 0) is 97.0 Å². The second-order valence-electron chi connectivity index (χ2n) is 10.2. The molecule has 0 amide bonds. The molecule has 0 aromatic rings. The monoisotopic (exact) mass is 380 g/mol. The van der Waals surface area contributed by atoms with Crippen LogP contribution in [-0.2, 0) is 9.78 Å². The highest BCUT2D eigenvalue weighted by atomic mass is 35.5. The average Bonchev–Trinajstić information content (AvgIpc) is 2.49. The first-order valence-electron chi connectivity index (χ1n) is 9.92. The van der Waals surface area contributed by atoms with Crippen molar-refractivity contribution < 1.29 is 14.9 Å². The van der Waals surface area contributed by atoms with Crippen LogP contribution in [0.1, 0.15) is 73.1 Å². The zero-order chi connectivity index (χ0) is 19.2. The van der Waals surface area contributed by atoms with Crippen LogP contribution in [0.15, 0.2) is 11.1 Å². The van der Waals surface area contributed by atoms with E-state index < -0.39 is 17.3 Å². The van der Waals surface area contributed by atoms with Crippen LogP contribution in [0.5, 0.6) is 0 Å². The van der Waals surface area contributed by atoms with Crippen molar-refractivity contribution in [2.45, 2.75) is 90.4 Å². The first-order valence-corrected chi connectivity index (χ1v) is 10.3. The Kier molecular flexibility index (Phi) is 5.54. The van der Waals surface area contributed by atoms with Crippen LogP contribution in [0, 0.1) is 35.0 Å². The van der Waals surface area contributed by atoms with Crippen molar-refractivity contribution in [2.24, 2.45) is 23.2 Å². The van der Waals surface area contributed by atoms with E-state index in [-0.39, 0.29) is 5.41 Å². The van der Waals surface area contributed by atoms with E-state index in [4.69, 9.17) is 21.4 Å². The summed E-state index contributed by atoms with van der Waals surface area (Å²) in [5, 5.41) is 11.2. The smallest absolute Gasteiger partial charge is 0.158 e. The molecule has 26 heavy (non-hydrogen) atoms. The van der Waals surface area contributed by atoms with Crippen molar-refractivity contribution in [1.82, 2.24) is 0 Å². The van der Waals surface area contributed by atoms with Crippen LogP contribution in [0.4, 0.5) is 0 Å². The fraction of sp³-hybridized carbons (Fsp3) is 0.818. The predicted molar refractivity (Wildman–Crippen MR) is 104 cm³/mol. The van der Waals surface area contributed by atoms with Gasteiger partial charge in [0.2, 0.25) is 0 Å². The van der Waals surface area contributed by atoms with Gasteiger partial charge in [0.05, 0.1) is 5.60 Å². The largest absolute Gasteiger partial charge is 0.377 e. The van der Waals surface area contributed by atoms with Crippen LogP contribution < -0.4 is 0 Å². The summed E-state index contributed by atoms with van der Waals surface area (Å²) in [7, 11) is 0. The molecule has 4 fully saturated rings. The van der Waals surface area contributed by atoms with E-state index in [1.54, 1.807) is 6.08 Å². The van der Waals surface area contributed by atoms with Gasteiger partial charge in [0.15, 0.2) is 5.60 Å². The Balaban J connectivity index is 1.65. The molecule has 1 unspecified atom stereocenters. The number of aliphatic hydroxyl groups excluding tert-OH is 1. The van der Waals surface area contributed by atoms with Crippen molar-refractivity contribution in [3.8, 4) is 11.8 Å². The number of aliphatic hydroxyl groups is 1. The fourth-order valence-corrected chi connectivity index (χ4v) is 5.61. The Morgan fingerprint density at radius 1 is 1.04 bits per heavy atom. The van der Waals surface area contributed by atoms with E-state index in [0.717, 1.165) is 22.8 Å². The molecule has 0 saturated heterocycles. The predicted octanol–water partition coefficient (Wildman–Crippen LogP) is 5.22. The molecular formula is C22H33ClO3. The SMILES string of the molecule is CC(C)(C)OOC(C)(C)C#CC(O)/C=C(\Cl)C12CC3CC(CC(C3)C1)C2. The van der Waals surface area contributed by atoms with E-state index in [1.807, 2.05) is 34.6 Å². The lowest BCUT2D eigenvalue weighted by atomic mass is 9.49. The Morgan fingerprint density at radius 3 is 2.00 bits per heavy atom. The molecule has 0 heterocycles. The highest BCUT2D eigenvalue weighted by molar-refractivity contribution is 6.30. The maximum absolute atomic E-state index is 10.4. The van der Waals surface area contributed by atoms with Crippen LogP contribution >= 0.6 is 11.6 Å². The minimum atomic E-state index is -0.881. The molecule has 4 aliphatic carbocycles. The highest BCUT2D eigenvalue weighted by Gasteiger charge is 2.52. The topological polar surface area (TPSA) is 38.7 Å². The second kappa shape index (κ2) is 7.13. The lowest BCUT2D eigenvalue weighted by Gasteiger charge is -2.56. The molecule has 4 bridgehead atoms. The number of hydrogen-bond acceptors (Lipinski definition) is 3. The normalized spacial score (nSPS) is 35.2. The van der Waals surface area contributed by atoms with Crippen LogP contribution in [0.2, 0.25) is 0 Å². The average molecular weight is 381 g/mol. The van der Waals surface area contributed by atoms with Gasteiger partial charge >= 0.3 is 0 Å². The summed E-state index contributed by atoms with van der Waals surface area (Å²) in [5.41, 5.74) is -1.10. The number of halogens is 1. The first-order chi connectivity index (χ1) is 12.0. The van der Waals surface area contributed by atoms with Gasteiger partial charge < -0.3 is 5.11 Å². The van der Waals surface area contributed by atoms with Crippen LogP contribution in [0.25, 0.3) is 0 Å². The molecule has 4 aliphatic rings. The molecular weight excluding hydrogens is 348 g/mol. The zero-order valence-corrected chi connectivity index (χ0v) is 17.5. The highest BCUT2D eigenvalue weighted by Crippen LogP contribution is 2.63. The third-order valence-electron chi connectivity index (χ3n) is 5.87. The third kappa shape index (κ3) is 4.84. The number of hydrogen-bond donors (Lipinski definition) is 1. The van der Waals surface area contributed by atoms with Crippen molar-refractivity contribution >= 4 is 11.6 Å². The molecule has 0 aromatic carbocycles. The lowest BCUT2D eigenvalue weighted by Crippen LogP contribution is -2.46. The van der Waals surface area contributed by atoms with E-state index >= 15 is 0 Å². The Morgan fingerprint density at radius 2 is 1.54 bits per heavy atom. The molecule has 0 aliphatic heterocycles. The van der Waals surface area contributed by atoms with Crippen molar-refractivity contribution in [1.29, 1.82) is 0 Å². The van der Waals surface area contributed by atoms with E-state index in [1.165, 1.54) is 38.5 Å². The molecule has 1 N–H and O–H groups in total. The Labute approximate surface area is 163 Å². The summed E-state index contributed by atoms with van der Waals surface area (Å²) in [6.07, 6.45) is 8.56. The van der Waals surface area contributed by atoms with E-state index in [2.05, 4.69) is 11.8 Å². The quantitative estimate of drug-likeness (QED) is 0.413. The Bertz CT molecular complexity index is 582. The standard InChI is InChI=1S/C22H33ClO3/c1-20(2,3)25-26-21(4,5)7-6-18(24)11-19(23)22-12-15-8-16(13-22)10-17(9-15)14-22/h11,15-18,24H,8-10,12-14H2,1-5H3/b19-11-. The molecule has 1 atom stereocenters. The molecule has 0 aromatic heterocycles. The van der Waals surface area contributed by atoms with Gasteiger partial charge in [-0.25, -0.2) is 9.78 Å². The van der Waals surface area contributed by atoms with Crippen LogP contribution in [-0.4, -0.2) is 22.4 Å². The summed E-state index contributed by atoms with van der Waals surface area (Å²) in [6, 6.07) is 0. The summed E-state index contributed by atoms with van der Waals surface area (Å²) in [6.45, 7) is 9.39. The summed E-state index contributed by atoms with van der Waals surface area (Å²) < 4.78 is 0. The molecule has 4 saturated carbocycles. The van der Waals surface area contributed by atoms with Crippen molar-refractivity contribution in [2.75, 3.05) is 0 Å². The van der Waals surface area contributed by atoms with Gasteiger partial charge in [0.1, 0.15) is 6.10 Å². The molecule has 4 heteroatoms. The van der Waals surface area contributed by atoms with Gasteiger partial charge in [0, 0.05) is 10.4 Å². The molecule has 146 valence electrons. The van der Waals surface area contributed by atoms with Gasteiger partial charge in [-0.2, -0.15) is 0 Å². The van der Waals surface area contributed by atoms with Gasteiger partial charge in [-0.3, -0.25) is 0 Å². The van der Waals surface area contributed by atoms with E-state index in [9.17, 15) is 5.11 Å². The number of allylic oxidation sites excluding steroid dienone is 1. The maximum Gasteiger partial charge on any atom is 0.158 e. The summed E-state index contributed by atoms with van der Waals surface area (Å²) >= 11 is 6.74. The molecule has 0 spiro atoms. The maximum atomic E-state index is 10.4. The zero-order valence-electron chi connectivity index (χ0n) is 16.8. The summed E-state index contributed by atoms with van der Waals surface area (Å²) in [5.74, 6) is 8.30. The van der Waals surface area contributed by atoms with Crippen molar-refractivity contribution in [3.63, 3.8) is 0 Å². The van der Waals surface area contributed by atoms with E-state index in [0.29, 0.717) is 0 Å². The van der Waals surface area contributed by atoms with Crippen LogP contribution in [0.3, 0.4) is 0 Å². The summed E-state index contributed by atoms with van der Waals surface area (Å²) in [4.78, 5) is 10.8. The molecule has 0 radical (unpaired) electrons. The second-order valence-corrected chi connectivity index (χ2v) is 10.6. The minimum absolute atomic E-state index is 0.0975. The lowest BCUT2D eigenvalue weighted by molar-refractivity contribution is -0.384. The third-order valence-corrected chi connectivity index (χ3v) is 6.40. The van der Waals surface area contributed by atoms with Gasteiger partial charge in [-0.15, -0.1) is 0 Å². The van der Waals surface area contributed by atoms with Gasteiger partial charge in [0.25, 0.3) is 0 Å². The number of rotatable bonds is 4. The van der Waals surface area contributed by atoms with Gasteiger partial charge in [-0.1, -0.05) is 23.4 Å². The van der Waals surface area contributed by atoms with Crippen molar-refractivity contribution in [3.05, 3.63) is 11.1 Å². The first kappa shape index (κ1) is 20.2.